The van der Waals surface area contributed by atoms with Crippen molar-refractivity contribution < 1.29 is 24.1 Å². The van der Waals surface area contributed by atoms with Gasteiger partial charge in [-0.1, -0.05) is 63.5 Å². The molecule has 5 unspecified atom stereocenters. The van der Waals surface area contributed by atoms with Crippen LogP contribution in [0, 0.1) is 17.8 Å². The molecule has 0 aromatic rings. The summed E-state index contributed by atoms with van der Waals surface area (Å²) in [6.07, 6.45) is 23.3. The molecule has 0 spiro atoms. The van der Waals surface area contributed by atoms with E-state index in [1.807, 2.05) is 0 Å². The molecule has 1 N–H and O–H groups in total. The summed E-state index contributed by atoms with van der Waals surface area (Å²) in [5, 5.41) is 10.6. The molecule has 0 radical (unpaired) electrons. The van der Waals surface area contributed by atoms with E-state index in [1.165, 1.54) is 45.6 Å². The predicted octanol–water partition coefficient (Wildman–Crippen LogP) is 6.33. The number of allylic oxidation sites excluding steroid dienone is 1. The average molecular weight is 465 g/mol. The molecule has 2 aliphatic carbocycles. The molecule has 0 aromatic heterocycles. The maximum atomic E-state index is 11.3. The minimum Gasteiger partial charge on any atom is -0.469 e. The lowest BCUT2D eigenvalue weighted by Gasteiger charge is -2.30. The lowest BCUT2D eigenvalue weighted by molar-refractivity contribution is -0.195. The first kappa shape index (κ1) is 26.7. The van der Waals surface area contributed by atoms with Crippen molar-refractivity contribution in [2.45, 2.75) is 128 Å². The SMILES string of the molecule is COC(=O)CCCCCCC1C(C=CC(O)CC2CCCCC2)CCC1OC1CCCCO1. The van der Waals surface area contributed by atoms with Crippen LogP contribution in [-0.2, 0) is 19.0 Å². The van der Waals surface area contributed by atoms with Crippen molar-refractivity contribution >= 4 is 5.97 Å². The van der Waals surface area contributed by atoms with Gasteiger partial charge in [0.25, 0.3) is 0 Å². The Balaban J connectivity index is 1.47. The summed E-state index contributed by atoms with van der Waals surface area (Å²) >= 11 is 0. The Morgan fingerprint density at radius 2 is 1.79 bits per heavy atom. The van der Waals surface area contributed by atoms with Gasteiger partial charge in [0.2, 0.25) is 0 Å². The average Bonchev–Trinajstić information content (AvgIpc) is 3.22. The highest BCUT2D eigenvalue weighted by atomic mass is 16.7. The molecule has 0 bridgehead atoms. The van der Waals surface area contributed by atoms with Crippen molar-refractivity contribution in [3.63, 3.8) is 0 Å². The van der Waals surface area contributed by atoms with E-state index in [1.54, 1.807) is 0 Å². The van der Waals surface area contributed by atoms with Crippen molar-refractivity contribution in [2.75, 3.05) is 13.7 Å². The molecular formula is C28H48O5. The number of ether oxygens (including phenoxy) is 3. The third-order valence-corrected chi connectivity index (χ3v) is 8.05. The van der Waals surface area contributed by atoms with Crippen molar-refractivity contribution in [1.82, 2.24) is 0 Å². The molecule has 5 nitrogen and oxygen atoms in total. The molecule has 190 valence electrons. The minimum atomic E-state index is -0.311. The molecule has 1 heterocycles. The Bertz CT molecular complexity index is 565. The summed E-state index contributed by atoms with van der Waals surface area (Å²) in [7, 11) is 1.46. The number of hydrogen-bond donors (Lipinski definition) is 1. The quantitative estimate of drug-likeness (QED) is 0.196. The smallest absolute Gasteiger partial charge is 0.305 e. The molecular weight excluding hydrogens is 416 g/mol. The lowest BCUT2D eigenvalue weighted by Crippen LogP contribution is -2.31. The number of carbonyl (C=O) groups is 1. The Morgan fingerprint density at radius 3 is 2.55 bits per heavy atom. The van der Waals surface area contributed by atoms with Crippen LogP contribution in [0.15, 0.2) is 12.2 Å². The first-order chi connectivity index (χ1) is 16.2. The highest BCUT2D eigenvalue weighted by molar-refractivity contribution is 5.68. The molecule has 3 aliphatic rings. The van der Waals surface area contributed by atoms with Crippen LogP contribution >= 0.6 is 0 Å². The molecule has 33 heavy (non-hydrogen) atoms. The summed E-state index contributed by atoms with van der Waals surface area (Å²) in [6, 6.07) is 0. The zero-order valence-corrected chi connectivity index (χ0v) is 20.9. The van der Waals surface area contributed by atoms with Crippen LogP contribution in [0.3, 0.4) is 0 Å². The van der Waals surface area contributed by atoms with Crippen LogP contribution in [0.5, 0.6) is 0 Å². The maximum Gasteiger partial charge on any atom is 0.305 e. The predicted molar refractivity (Wildman–Crippen MR) is 131 cm³/mol. The second-order valence-corrected chi connectivity index (χ2v) is 10.6. The van der Waals surface area contributed by atoms with E-state index in [2.05, 4.69) is 12.2 Å². The Morgan fingerprint density at radius 1 is 1.00 bits per heavy atom. The van der Waals surface area contributed by atoms with Gasteiger partial charge < -0.3 is 19.3 Å². The van der Waals surface area contributed by atoms with Crippen molar-refractivity contribution in [2.24, 2.45) is 17.8 Å². The Labute approximate surface area is 201 Å². The fourth-order valence-electron chi connectivity index (χ4n) is 6.10. The van der Waals surface area contributed by atoms with Crippen LogP contribution in [-0.4, -0.2) is 43.3 Å². The first-order valence-corrected chi connectivity index (χ1v) is 13.9. The monoisotopic (exact) mass is 464 g/mol. The van der Waals surface area contributed by atoms with Gasteiger partial charge >= 0.3 is 5.97 Å². The summed E-state index contributed by atoms with van der Waals surface area (Å²) in [5.74, 6) is 1.56. The second-order valence-electron chi connectivity index (χ2n) is 10.6. The summed E-state index contributed by atoms with van der Waals surface area (Å²) in [4.78, 5) is 11.3. The number of aliphatic hydroxyl groups excluding tert-OH is 1. The number of hydrogen-bond acceptors (Lipinski definition) is 5. The number of rotatable bonds is 13. The van der Waals surface area contributed by atoms with E-state index < -0.39 is 0 Å². The lowest BCUT2D eigenvalue weighted by atomic mass is 9.84. The topological polar surface area (TPSA) is 65.0 Å². The van der Waals surface area contributed by atoms with Crippen LogP contribution in [0.25, 0.3) is 0 Å². The fraction of sp³-hybridized carbons (Fsp3) is 0.893. The van der Waals surface area contributed by atoms with Gasteiger partial charge in [-0.25, -0.2) is 0 Å². The Kier molecular flexibility index (Phi) is 12.3. The standard InChI is InChI=1S/C28H48O5/c1-31-27(30)14-8-3-2-7-13-25-23(16-18-24(29)21-22-11-5-4-6-12-22)17-19-26(25)33-28-15-9-10-20-32-28/h16,18,22-26,28-29H,2-15,17,19-21H2,1H3. The summed E-state index contributed by atoms with van der Waals surface area (Å²) in [5.41, 5.74) is 0. The molecule has 2 saturated carbocycles. The van der Waals surface area contributed by atoms with Crippen molar-refractivity contribution in [3.8, 4) is 0 Å². The summed E-state index contributed by atoms with van der Waals surface area (Å²) < 4.78 is 17.1. The normalized spacial score (nSPS) is 30.0. The molecule has 3 fully saturated rings. The van der Waals surface area contributed by atoms with Gasteiger partial charge in [-0.15, -0.1) is 0 Å². The molecule has 0 amide bonds. The maximum absolute atomic E-state index is 11.3. The van der Waals surface area contributed by atoms with E-state index in [9.17, 15) is 9.90 Å². The van der Waals surface area contributed by atoms with Gasteiger partial charge in [0.15, 0.2) is 6.29 Å². The molecule has 5 heteroatoms. The zero-order chi connectivity index (χ0) is 23.3. The zero-order valence-electron chi connectivity index (χ0n) is 20.9. The summed E-state index contributed by atoms with van der Waals surface area (Å²) in [6.45, 7) is 0.818. The van der Waals surface area contributed by atoms with E-state index in [0.717, 1.165) is 70.8 Å². The van der Waals surface area contributed by atoms with Crippen LogP contribution in [0.4, 0.5) is 0 Å². The van der Waals surface area contributed by atoms with Gasteiger partial charge in [0.1, 0.15) is 0 Å². The van der Waals surface area contributed by atoms with E-state index in [-0.39, 0.29) is 24.5 Å². The van der Waals surface area contributed by atoms with Crippen LogP contribution in [0.1, 0.15) is 109 Å². The van der Waals surface area contributed by atoms with Gasteiger partial charge in [0, 0.05) is 13.0 Å². The number of methoxy groups -OCH3 is 1. The molecule has 3 rings (SSSR count). The van der Waals surface area contributed by atoms with Crippen LogP contribution in [0.2, 0.25) is 0 Å². The molecule has 1 aliphatic heterocycles. The third kappa shape index (κ3) is 9.70. The van der Waals surface area contributed by atoms with Gasteiger partial charge in [0.05, 0.1) is 19.3 Å². The highest BCUT2D eigenvalue weighted by Gasteiger charge is 2.37. The minimum absolute atomic E-state index is 0.0362. The van der Waals surface area contributed by atoms with Crippen LogP contribution < -0.4 is 0 Å². The number of carbonyl (C=O) groups excluding carboxylic acids is 1. The highest BCUT2D eigenvalue weighted by Crippen LogP contribution is 2.40. The Hall–Kier alpha value is -0.910. The largest absolute Gasteiger partial charge is 0.469 e. The fourth-order valence-corrected chi connectivity index (χ4v) is 6.10. The number of unbranched alkanes of at least 4 members (excludes halogenated alkanes) is 3. The second kappa shape index (κ2) is 15.2. The molecule has 5 atom stereocenters. The van der Waals surface area contributed by atoms with Crippen molar-refractivity contribution in [3.05, 3.63) is 12.2 Å². The van der Waals surface area contributed by atoms with Crippen molar-refractivity contribution in [1.29, 1.82) is 0 Å². The van der Waals surface area contributed by atoms with E-state index in [4.69, 9.17) is 14.2 Å². The van der Waals surface area contributed by atoms with Gasteiger partial charge in [-0.3, -0.25) is 4.79 Å². The van der Waals surface area contributed by atoms with Gasteiger partial charge in [-0.05, 0) is 69.1 Å². The third-order valence-electron chi connectivity index (χ3n) is 8.05. The number of aliphatic hydroxyl groups is 1. The first-order valence-electron chi connectivity index (χ1n) is 13.9. The van der Waals surface area contributed by atoms with E-state index in [0.29, 0.717) is 24.2 Å². The molecule has 0 aromatic carbocycles. The van der Waals surface area contributed by atoms with Gasteiger partial charge in [-0.2, -0.15) is 0 Å². The molecule has 1 saturated heterocycles. The number of esters is 1. The van der Waals surface area contributed by atoms with E-state index >= 15 is 0 Å².